The summed E-state index contributed by atoms with van der Waals surface area (Å²) >= 11 is 3.50. The molecule has 0 spiro atoms. The second kappa shape index (κ2) is 7.58. The lowest BCUT2D eigenvalue weighted by atomic mass is 9.93. The number of nitrogens with zero attached hydrogens (tertiary/aromatic N) is 1. The normalized spacial score (nSPS) is 20.4. The molecular formula is C20H23BrN2O2. The number of phenolic OH excluding ortho intramolecular Hbond substituents is 1. The maximum absolute atomic E-state index is 10.3. The molecule has 0 bridgehead atoms. The Kier molecular flexibility index (Phi) is 5.45. The number of ether oxygens (including phenoxy) is 1. The van der Waals surface area contributed by atoms with E-state index in [4.69, 9.17) is 9.73 Å². The predicted octanol–water partition coefficient (Wildman–Crippen LogP) is 4.67. The average Bonchev–Trinajstić information content (AvgIpc) is 2.63. The van der Waals surface area contributed by atoms with Crippen LogP contribution in [0.1, 0.15) is 37.4 Å². The molecule has 1 aliphatic rings. The molecule has 2 aromatic rings. The molecule has 4 nitrogen and oxygen atoms in total. The van der Waals surface area contributed by atoms with Gasteiger partial charge >= 0.3 is 0 Å². The molecule has 25 heavy (non-hydrogen) atoms. The van der Waals surface area contributed by atoms with Crippen molar-refractivity contribution in [2.24, 2.45) is 10.9 Å². The average molecular weight is 403 g/mol. The standard InChI is InChI=1S/C20H23BrN2O2/c1-12(2)20-22-17(13-4-7-15(25-3)8-5-13)11-18(23-20)16-10-14(21)6-9-19(16)24/h4-10,12,18,20,23-24H,11H2,1-3H3. The Bertz CT molecular complexity index is 772. The van der Waals surface area contributed by atoms with E-state index in [0.717, 1.165) is 33.5 Å². The summed E-state index contributed by atoms with van der Waals surface area (Å²) in [6.45, 7) is 4.30. The molecule has 0 fully saturated rings. The minimum absolute atomic E-state index is 0.00855. The van der Waals surface area contributed by atoms with Gasteiger partial charge < -0.3 is 9.84 Å². The first-order valence-corrected chi connectivity index (χ1v) is 9.23. The quantitative estimate of drug-likeness (QED) is 0.780. The van der Waals surface area contributed by atoms with E-state index in [1.165, 1.54) is 0 Å². The highest BCUT2D eigenvalue weighted by atomic mass is 79.9. The number of rotatable bonds is 4. The maximum atomic E-state index is 10.3. The summed E-state index contributed by atoms with van der Waals surface area (Å²) in [5.41, 5.74) is 3.03. The topological polar surface area (TPSA) is 53.8 Å². The number of hydrogen-bond donors (Lipinski definition) is 2. The van der Waals surface area contributed by atoms with Crippen molar-refractivity contribution in [1.82, 2.24) is 5.32 Å². The molecule has 2 aromatic carbocycles. The summed E-state index contributed by atoms with van der Waals surface area (Å²) in [6.07, 6.45) is 0.730. The Morgan fingerprint density at radius 1 is 1.20 bits per heavy atom. The molecule has 0 aromatic heterocycles. The molecule has 3 rings (SSSR count). The highest BCUT2D eigenvalue weighted by molar-refractivity contribution is 9.10. The van der Waals surface area contributed by atoms with Gasteiger partial charge in [-0.1, -0.05) is 29.8 Å². The van der Waals surface area contributed by atoms with Gasteiger partial charge in [-0.25, -0.2) is 0 Å². The van der Waals surface area contributed by atoms with Gasteiger partial charge in [-0.15, -0.1) is 0 Å². The number of benzene rings is 2. The van der Waals surface area contributed by atoms with Gasteiger partial charge in [-0.2, -0.15) is 0 Å². The summed E-state index contributed by atoms with van der Waals surface area (Å²) in [5.74, 6) is 1.49. The highest BCUT2D eigenvalue weighted by Crippen LogP contribution is 2.33. The summed E-state index contributed by atoms with van der Waals surface area (Å²) in [5, 5.41) is 13.9. The van der Waals surface area contributed by atoms with Gasteiger partial charge in [0.2, 0.25) is 0 Å². The zero-order valence-corrected chi connectivity index (χ0v) is 16.2. The fourth-order valence-corrected chi connectivity index (χ4v) is 3.42. The second-order valence-electron chi connectivity index (χ2n) is 6.62. The zero-order chi connectivity index (χ0) is 18.0. The summed E-state index contributed by atoms with van der Waals surface area (Å²) in [4.78, 5) is 4.91. The molecular weight excluding hydrogens is 380 g/mol. The van der Waals surface area contributed by atoms with Crippen molar-refractivity contribution >= 4 is 21.6 Å². The molecule has 2 N–H and O–H groups in total. The smallest absolute Gasteiger partial charge is 0.120 e. The van der Waals surface area contributed by atoms with Gasteiger partial charge in [0.25, 0.3) is 0 Å². The van der Waals surface area contributed by atoms with Crippen molar-refractivity contribution in [3.8, 4) is 11.5 Å². The van der Waals surface area contributed by atoms with Crippen LogP contribution in [0.15, 0.2) is 51.9 Å². The minimum Gasteiger partial charge on any atom is -0.508 e. The van der Waals surface area contributed by atoms with Gasteiger partial charge in [0.15, 0.2) is 0 Å². The lowest BCUT2D eigenvalue weighted by molar-refractivity contribution is 0.345. The van der Waals surface area contributed by atoms with Crippen molar-refractivity contribution in [2.45, 2.75) is 32.5 Å². The van der Waals surface area contributed by atoms with Gasteiger partial charge in [0.05, 0.1) is 7.11 Å². The van der Waals surface area contributed by atoms with E-state index in [2.05, 4.69) is 35.1 Å². The first kappa shape index (κ1) is 18.0. The van der Waals surface area contributed by atoms with E-state index in [0.29, 0.717) is 11.7 Å². The molecule has 1 aliphatic heterocycles. The van der Waals surface area contributed by atoms with E-state index >= 15 is 0 Å². The Balaban J connectivity index is 1.95. The van der Waals surface area contributed by atoms with Crippen LogP contribution in [0.3, 0.4) is 0 Å². The minimum atomic E-state index is 0.00855. The van der Waals surface area contributed by atoms with Gasteiger partial charge in [-0.3, -0.25) is 10.3 Å². The van der Waals surface area contributed by atoms with Gasteiger partial charge in [0, 0.05) is 28.2 Å². The van der Waals surface area contributed by atoms with Crippen LogP contribution in [-0.4, -0.2) is 24.1 Å². The number of aromatic hydroxyl groups is 1. The van der Waals surface area contributed by atoms with Gasteiger partial charge in [-0.05, 0) is 53.9 Å². The molecule has 2 unspecified atom stereocenters. The Morgan fingerprint density at radius 2 is 1.92 bits per heavy atom. The first-order valence-electron chi connectivity index (χ1n) is 8.43. The second-order valence-corrected chi connectivity index (χ2v) is 7.54. The predicted molar refractivity (Wildman–Crippen MR) is 104 cm³/mol. The van der Waals surface area contributed by atoms with Crippen molar-refractivity contribution in [3.05, 3.63) is 58.1 Å². The van der Waals surface area contributed by atoms with E-state index in [1.54, 1.807) is 13.2 Å². The monoisotopic (exact) mass is 402 g/mol. The van der Waals surface area contributed by atoms with E-state index < -0.39 is 0 Å². The van der Waals surface area contributed by atoms with Crippen molar-refractivity contribution < 1.29 is 9.84 Å². The summed E-state index contributed by atoms with van der Waals surface area (Å²) in [6, 6.07) is 13.5. The molecule has 132 valence electrons. The van der Waals surface area contributed by atoms with Crippen LogP contribution in [0, 0.1) is 5.92 Å². The third-order valence-corrected chi connectivity index (χ3v) is 4.98. The fourth-order valence-electron chi connectivity index (χ4n) is 3.04. The van der Waals surface area contributed by atoms with E-state index in [-0.39, 0.29) is 12.2 Å². The SMILES string of the molecule is COc1ccc(C2=NC(C(C)C)NC(c3cc(Br)ccc3O)C2)cc1. The van der Waals surface area contributed by atoms with Crippen LogP contribution in [0.5, 0.6) is 11.5 Å². The summed E-state index contributed by atoms with van der Waals surface area (Å²) in [7, 11) is 1.66. The molecule has 5 heteroatoms. The van der Waals surface area contributed by atoms with Crippen LogP contribution in [0.4, 0.5) is 0 Å². The van der Waals surface area contributed by atoms with Crippen LogP contribution in [0.25, 0.3) is 0 Å². The van der Waals surface area contributed by atoms with Crippen LogP contribution < -0.4 is 10.1 Å². The van der Waals surface area contributed by atoms with Crippen molar-refractivity contribution in [3.63, 3.8) is 0 Å². The maximum Gasteiger partial charge on any atom is 0.120 e. The lowest BCUT2D eigenvalue weighted by Crippen LogP contribution is -2.41. The molecule has 1 heterocycles. The highest BCUT2D eigenvalue weighted by Gasteiger charge is 2.28. The Labute approximate surface area is 157 Å². The Morgan fingerprint density at radius 3 is 2.56 bits per heavy atom. The third kappa shape index (κ3) is 4.05. The zero-order valence-electron chi connectivity index (χ0n) is 14.7. The van der Waals surface area contributed by atoms with E-state index in [9.17, 15) is 5.11 Å². The van der Waals surface area contributed by atoms with Crippen LogP contribution in [0.2, 0.25) is 0 Å². The molecule has 2 atom stereocenters. The van der Waals surface area contributed by atoms with Crippen LogP contribution >= 0.6 is 15.9 Å². The molecule has 0 radical (unpaired) electrons. The first-order chi connectivity index (χ1) is 12.0. The van der Waals surface area contributed by atoms with E-state index in [1.807, 2.05) is 36.4 Å². The summed E-state index contributed by atoms with van der Waals surface area (Å²) < 4.78 is 6.20. The molecule has 0 saturated carbocycles. The number of phenols is 1. The lowest BCUT2D eigenvalue weighted by Gasteiger charge is -2.32. The number of aliphatic imine (C=N–C) groups is 1. The van der Waals surface area contributed by atoms with Crippen molar-refractivity contribution in [2.75, 3.05) is 7.11 Å². The van der Waals surface area contributed by atoms with Crippen LogP contribution in [-0.2, 0) is 0 Å². The molecule has 0 aliphatic carbocycles. The van der Waals surface area contributed by atoms with Gasteiger partial charge in [0.1, 0.15) is 17.7 Å². The number of hydrogen-bond acceptors (Lipinski definition) is 4. The fraction of sp³-hybridized carbons (Fsp3) is 0.350. The van der Waals surface area contributed by atoms with Crippen molar-refractivity contribution in [1.29, 1.82) is 0 Å². The third-order valence-electron chi connectivity index (χ3n) is 4.48. The number of nitrogens with one attached hydrogen (secondary N) is 1. The number of halogens is 1. The Hall–Kier alpha value is -1.85. The number of methoxy groups -OCH3 is 1. The molecule has 0 saturated heterocycles. The largest absolute Gasteiger partial charge is 0.508 e. The molecule has 0 amide bonds.